The molecule has 112 valence electrons. The van der Waals surface area contributed by atoms with Crippen molar-refractivity contribution in [3.8, 4) is 0 Å². The predicted molar refractivity (Wildman–Crippen MR) is 74.4 cm³/mol. The van der Waals surface area contributed by atoms with Crippen molar-refractivity contribution < 1.29 is 13.2 Å². The molecule has 0 bridgehead atoms. The van der Waals surface area contributed by atoms with Crippen molar-refractivity contribution in [2.24, 2.45) is 0 Å². The second-order valence-corrected chi connectivity index (χ2v) is 5.81. The van der Waals surface area contributed by atoms with E-state index in [2.05, 4.69) is 31.1 Å². The van der Waals surface area contributed by atoms with Crippen molar-refractivity contribution in [2.45, 2.75) is 25.1 Å². The molecule has 2 rings (SSSR count). The van der Waals surface area contributed by atoms with E-state index >= 15 is 0 Å². The summed E-state index contributed by atoms with van der Waals surface area (Å²) < 4.78 is 38.4. The standard InChI is InChI=1S/C13H17BrF3N3/c14-11-7-10(8-19-9-11)12(1-2-13(15,16)17)20-5-3-18-4-6-20/h7-9,12,18H,1-6H2/t12-/m0/s1. The smallest absolute Gasteiger partial charge is 0.314 e. The average Bonchev–Trinajstić information content (AvgIpc) is 2.39. The summed E-state index contributed by atoms with van der Waals surface area (Å²) in [6, 6.07) is 1.62. The molecular weight excluding hydrogens is 335 g/mol. The van der Waals surface area contributed by atoms with Crippen LogP contribution in [0.2, 0.25) is 0 Å². The van der Waals surface area contributed by atoms with Crippen molar-refractivity contribution in [1.29, 1.82) is 0 Å². The highest BCUT2D eigenvalue weighted by Gasteiger charge is 2.31. The Kier molecular flexibility index (Phi) is 5.40. The maximum Gasteiger partial charge on any atom is 0.389 e. The normalized spacial score (nSPS) is 19.0. The molecule has 1 saturated heterocycles. The van der Waals surface area contributed by atoms with E-state index in [0.29, 0.717) is 0 Å². The van der Waals surface area contributed by atoms with Gasteiger partial charge in [-0.2, -0.15) is 13.2 Å². The summed E-state index contributed by atoms with van der Waals surface area (Å²) in [6.45, 7) is 3.14. The number of pyridine rings is 1. The zero-order chi connectivity index (χ0) is 14.6. The van der Waals surface area contributed by atoms with E-state index in [4.69, 9.17) is 0 Å². The van der Waals surface area contributed by atoms with E-state index < -0.39 is 12.6 Å². The first kappa shape index (κ1) is 15.7. The monoisotopic (exact) mass is 351 g/mol. The van der Waals surface area contributed by atoms with Gasteiger partial charge in [0.25, 0.3) is 0 Å². The maximum atomic E-state index is 12.5. The molecular formula is C13H17BrF3N3. The third kappa shape index (κ3) is 4.71. The zero-order valence-corrected chi connectivity index (χ0v) is 12.5. The van der Waals surface area contributed by atoms with Gasteiger partial charge in [0.05, 0.1) is 0 Å². The number of piperazine rings is 1. The largest absolute Gasteiger partial charge is 0.389 e. The Labute approximate surface area is 124 Å². The Morgan fingerprint density at radius 1 is 1.30 bits per heavy atom. The van der Waals surface area contributed by atoms with Crippen molar-refractivity contribution in [2.75, 3.05) is 26.2 Å². The van der Waals surface area contributed by atoms with Crippen LogP contribution >= 0.6 is 15.9 Å². The van der Waals surface area contributed by atoms with Crippen LogP contribution in [0.25, 0.3) is 0 Å². The Balaban J connectivity index is 2.14. The van der Waals surface area contributed by atoms with Crippen molar-refractivity contribution in [1.82, 2.24) is 15.2 Å². The summed E-state index contributed by atoms with van der Waals surface area (Å²) in [5, 5.41) is 3.22. The van der Waals surface area contributed by atoms with Gasteiger partial charge in [0.2, 0.25) is 0 Å². The van der Waals surface area contributed by atoms with Crippen LogP contribution in [0, 0.1) is 0 Å². The van der Waals surface area contributed by atoms with Gasteiger partial charge in [0, 0.05) is 55.5 Å². The molecule has 0 unspecified atom stereocenters. The number of aromatic nitrogens is 1. The van der Waals surface area contributed by atoms with Crippen LogP contribution in [0.1, 0.15) is 24.4 Å². The summed E-state index contributed by atoms with van der Waals surface area (Å²) >= 11 is 3.33. The topological polar surface area (TPSA) is 28.2 Å². The molecule has 3 nitrogen and oxygen atoms in total. The highest BCUT2D eigenvalue weighted by molar-refractivity contribution is 9.10. The number of nitrogens with one attached hydrogen (secondary N) is 1. The number of hydrogen-bond donors (Lipinski definition) is 1. The molecule has 1 aromatic rings. The summed E-state index contributed by atoms with van der Waals surface area (Å²) in [5.74, 6) is 0. The highest BCUT2D eigenvalue weighted by Crippen LogP contribution is 2.32. The number of halogens is 4. The Bertz CT molecular complexity index is 433. The van der Waals surface area contributed by atoms with Crippen LogP contribution in [-0.4, -0.2) is 42.2 Å². The van der Waals surface area contributed by atoms with Crippen LogP contribution in [-0.2, 0) is 0 Å². The quantitative estimate of drug-likeness (QED) is 0.903. The lowest BCUT2D eigenvalue weighted by molar-refractivity contribution is -0.138. The average molecular weight is 352 g/mol. The zero-order valence-electron chi connectivity index (χ0n) is 11.0. The summed E-state index contributed by atoms with van der Waals surface area (Å²) in [7, 11) is 0. The molecule has 0 radical (unpaired) electrons. The lowest BCUT2D eigenvalue weighted by Gasteiger charge is -2.35. The number of nitrogens with zero attached hydrogens (tertiary/aromatic N) is 2. The first-order valence-electron chi connectivity index (χ1n) is 6.58. The van der Waals surface area contributed by atoms with E-state index in [1.807, 2.05) is 6.07 Å². The number of rotatable bonds is 4. The van der Waals surface area contributed by atoms with Crippen molar-refractivity contribution >= 4 is 15.9 Å². The second kappa shape index (κ2) is 6.87. The summed E-state index contributed by atoms with van der Waals surface area (Å²) in [6.07, 6.45) is -1.52. The molecule has 1 atom stereocenters. The molecule has 0 aliphatic carbocycles. The first-order valence-corrected chi connectivity index (χ1v) is 7.37. The molecule has 1 aliphatic rings. The van der Waals surface area contributed by atoms with E-state index in [1.54, 1.807) is 12.4 Å². The molecule has 20 heavy (non-hydrogen) atoms. The van der Waals surface area contributed by atoms with Crippen molar-refractivity contribution in [3.05, 3.63) is 28.5 Å². The van der Waals surface area contributed by atoms with Crippen LogP contribution in [0.15, 0.2) is 22.9 Å². The van der Waals surface area contributed by atoms with E-state index in [9.17, 15) is 13.2 Å². The molecule has 0 amide bonds. The van der Waals surface area contributed by atoms with Gasteiger partial charge in [-0.05, 0) is 34.0 Å². The van der Waals surface area contributed by atoms with Gasteiger partial charge in [0.1, 0.15) is 0 Å². The Hall–Kier alpha value is -0.660. The fourth-order valence-corrected chi connectivity index (χ4v) is 2.85. The van der Waals surface area contributed by atoms with Crippen LogP contribution in [0.4, 0.5) is 13.2 Å². The first-order chi connectivity index (χ1) is 9.46. The minimum absolute atomic E-state index is 0.0711. The Morgan fingerprint density at radius 2 is 2.00 bits per heavy atom. The fraction of sp³-hybridized carbons (Fsp3) is 0.615. The predicted octanol–water partition coefficient (Wildman–Crippen LogP) is 3.13. The summed E-state index contributed by atoms with van der Waals surface area (Å²) in [4.78, 5) is 6.18. The third-order valence-electron chi connectivity index (χ3n) is 3.40. The van der Waals surface area contributed by atoms with Gasteiger partial charge >= 0.3 is 6.18 Å². The summed E-state index contributed by atoms with van der Waals surface area (Å²) in [5.41, 5.74) is 0.838. The van der Waals surface area contributed by atoms with Crippen LogP contribution in [0.5, 0.6) is 0 Å². The van der Waals surface area contributed by atoms with Gasteiger partial charge in [-0.25, -0.2) is 0 Å². The molecule has 0 saturated carbocycles. The molecule has 1 fully saturated rings. The minimum atomic E-state index is -4.12. The second-order valence-electron chi connectivity index (χ2n) is 4.89. The minimum Gasteiger partial charge on any atom is -0.314 e. The lowest BCUT2D eigenvalue weighted by Crippen LogP contribution is -2.45. The molecule has 2 heterocycles. The molecule has 1 aromatic heterocycles. The van der Waals surface area contributed by atoms with Crippen molar-refractivity contribution in [3.63, 3.8) is 0 Å². The van der Waals surface area contributed by atoms with Gasteiger partial charge in [-0.3, -0.25) is 9.88 Å². The van der Waals surface area contributed by atoms with E-state index in [-0.39, 0.29) is 12.5 Å². The van der Waals surface area contributed by atoms with Gasteiger partial charge in [0.15, 0.2) is 0 Å². The SMILES string of the molecule is FC(F)(F)CC[C@@H](c1cncc(Br)c1)N1CCNCC1. The fourth-order valence-electron chi connectivity index (χ4n) is 2.46. The molecule has 0 aromatic carbocycles. The molecule has 1 aliphatic heterocycles. The van der Waals surface area contributed by atoms with E-state index in [0.717, 1.165) is 36.2 Å². The van der Waals surface area contributed by atoms with Crippen LogP contribution < -0.4 is 5.32 Å². The Morgan fingerprint density at radius 3 is 2.60 bits per heavy atom. The number of hydrogen-bond acceptors (Lipinski definition) is 3. The maximum absolute atomic E-state index is 12.5. The van der Waals surface area contributed by atoms with Gasteiger partial charge in [-0.1, -0.05) is 0 Å². The third-order valence-corrected chi connectivity index (χ3v) is 3.84. The van der Waals surface area contributed by atoms with Crippen LogP contribution in [0.3, 0.4) is 0 Å². The van der Waals surface area contributed by atoms with Gasteiger partial charge in [-0.15, -0.1) is 0 Å². The molecule has 7 heteroatoms. The van der Waals surface area contributed by atoms with Gasteiger partial charge < -0.3 is 5.32 Å². The highest BCUT2D eigenvalue weighted by atomic mass is 79.9. The molecule has 1 N–H and O–H groups in total. The van der Waals surface area contributed by atoms with E-state index in [1.165, 1.54) is 0 Å². The number of alkyl halides is 3. The lowest BCUT2D eigenvalue weighted by atomic mass is 10.0. The molecule has 0 spiro atoms.